The number of fused-ring (bicyclic) bond motifs is 5. The highest BCUT2D eigenvalue weighted by molar-refractivity contribution is 6.23. The van der Waals surface area contributed by atoms with E-state index in [1.54, 1.807) is 12.2 Å². The largest absolute Gasteiger partial charge is 0.393 e. The second-order valence-corrected chi connectivity index (χ2v) is 5.85. The lowest BCUT2D eigenvalue weighted by Gasteiger charge is -2.26. The van der Waals surface area contributed by atoms with Gasteiger partial charge in [0.2, 0.25) is 11.8 Å². The van der Waals surface area contributed by atoms with Crippen LogP contribution in [-0.4, -0.2) is 40.2 Å². The fourth-order valence-electron chi connectivity index (χ4n) is 3.68. The van der Waals surface area contributed by atoms with Gasteiger partial charge in [-0.2, -0.15) is 0 Å². The molecule has 8 heteroatoms. The number of carbonyl (C=O) groups excluding carboxylic acids is 2. The van der Waals surface area contributed by atoms with Crippen LogP contribution in [0.25, 0.3) is 0 Å². The van der Waals surface area contributed by atoms with Gasteiger partial charge in [0.1, 0.15) is 5.60 Å². The van der Waals surface area contributed by atoms with E-state index in [-0.39, 0.29) is 11.4 Å². The molecule has 1 aromatic rings. The van der Waals surface area contributed by atoms with E-state index < -0.39 is 46.9 Å². The van der Waals surface area contributed by atoms with Crippen LogP contribution in [0, 0.1) is 22.0 Å². The Morgan fingerprint density at radius 3 is 2.83 bits per heavy atom. The number of hydrogen-bond acceptors (Lipinski definition) is 6. The predicted molar refractivity (Wildman–Crippen MR) is 76.4 cm³/mol. The van der Waals surface area contributed by atoms with Gasteiger partial charge in [0, 0.05) is 12.1 Å². The summed E-state index contributed by atoms with van der Waals surface area (Å²) in [6.07, 6.45) is 2.76. The Balaban J connectivity index is 1.76. The molecule has 0 radical (unpaired) electrons. The molecule has 118 valence electrons. The van der Waals surface area contributed by atoms with Gasteiger partial charge >= 0.3 is 0 Å². The van der Waals surface area contributed by atoms with E-state index in [0.29, 0.717) is 0 Å². The summed E-state index contributed by atoms with van der Waals surface area (Å²) < 4.78 is 5.63. The van der Waals surface area contributed by atoms with Gasteiger partial charge in [0.05, 0.1) is 35.2 Å². The maximum atomic E-state index is 12.7. The molecule has 3 heterocycles. The van der Waals surface area contributed by atoms with Crippen molar-refractivity contribution >= 4 is 23.2 Å². The molecule has 23 heavy (non-hydrogen) atoms. The molecule has 1 aromatic carbocycles. The third-order valence-electron chi connectivity index (χ3n) is 4.70. The summed E-state index contributed by atoms with van der Waals surface area (Å²) in [6.45, 7) is -0.400. The monoisotopic (exact) mass is 316 g/mol. The summed E-state index contributed by atoms with van der Waals surface area (Å²) in [7, 11) is 0. The Bertz CT molecular complexity index is 775. The molecule has 4 atom stereocenters. The van der Waals surface area contributed by atoms with E-state index in [2.05, 4.69) is 0 Å². The zero-order valence-electron chi connectivity index (χ0n) is 11.8. The van der Waals surface area contributed by atoms with Gasteiger partial charge < -0.3 is 9.84 Å². The number of nitrogens with zero attached hydrogens (tertiary/aromatic N) is 2. The van der Waals surface area contributed by atoms with E-state index in [4.69, 9.17) is 4.74 Å². The molecule has 0 aliphatic carbocycles. The molecular formula is C15H12N2O6. The summed E-state index contributed by atoms with van der Waals surface area (Å²) in [5, 5.41) is 20.5. The van der Waals surface area contributed by atoms with Crippen LogP contribution >= 0.6 is 0 Å². The minimum atomic E-state index is -1.17. The maximum absolute atomic E-state index is 12.7. The first kappa shape index (κ1) is 14.0. The van der Waals surface area contributed by atoms with Gasteiger partial charge in [-0.25, -0.2) is 4.90 Å². The van der Waals surface area contributed by atoms with Gasteiger partial charge in [-0.15, -0.1) is 0 Å². The zero-order chi connectivity index (χ0) is 16.4. The van der Waals surface area contributed by atoms with E-state index >= 15 is 0 Å². The highest BCUT2D eigenvalue weighted by atomic mass is 16.6. The standard InChI is InChI=1S/C15H12N2O6/c18-7-15-5-4-10(23-15)11-12(15)14(20)16(13(11)19)8-2-1-3-9(6-8)17(21)22/h1-6,10-12,18H,7H2/t10-,11-,12-,15+/m1/s1. The van der Waals surface area contributed by atoms with Crippen molar-refractivity contribution in [1.82, 2.24) is 0 Å². The van der Waals surface area contributed by atoms with Crippen molar-refractivity contribution in [3.05, 3.63) is 46.5 Å². The molecule has 0 saturated carbocycles. The molecule has 3 aliphatic rings. The fourth-order valence-corrected chi connectivity index (χ4v) is 3.68. The van der Waals surface area contributed by atoms with Crippen LogP contribution in [0.2, 0.25) is 0 Å². The molecule has 0 unspecified atom stereocenters. The van der Waals surface area contributed by atoms with Crippen LogP contribution in [0.1, 0.15) is 0 Å². The molecule has 2 amide bonds. The predicted octanol–water partition coefficient (Wildman–Crippen LogP) is 0.400. The number of ether oxygens (including phenoxy) is 1. The molecule has 4 rings (SSSR count). The average molecular weight is 316 g/mol. The molecule has 0 spiro atoms. The fraction of sp³-hybridized carbons (Fsp3) is 0.333. The number of carbonyl (C=O) groups is 2. The average Bonchev–Trinajstić information content (AvgIpc) is 3.18. The second-order valence-electron chi connectivity index (χ2n) is 5.85. The van der Waals surface area contributed by atoms with Crippen LogP contribution in [0.15, 0.2) is 36.4 Å². The lowest BCUT2D eigenvalue weighted by Crippen LogP contribution is -2.43. The van der Waals surface area contributed by atoms with Crippen LogP contribution in [0.3, 0.4) is 0 Å². The molecular weight excluding hydrogens is 304 g/mol. The Kier molecular flexibility index (Phi) is 2.72. The third kappa shape index (κ3) is 1.67. The first-order valence-corrected chi connectivity index (χ1v) is 7.09. The number of hydrogen-bond donors (Lipinski definition) is 1. The van der Waals surface area contributed by atoms with E-state index in [1.807, 2.05) is 0 Å². The van der Waals surface area contributed by atoms with Crippen LogP contribution in [0.5, 0.6) is 0 Å². The number of benzene rings is 1. The van der Waals surface area contributed by atoms with Gasteiger partial charge in [0.25, 0.3) is 5.69 Å². The number of nitro groups is 1. The SMILES string of the molecule is O=C1[C@@H]2[C@H]3C=C[C@@](CO)(O3)[C@H]2C(=O)N1c1cccc([N+](=O)[O-])c1. The summed E-state index contributed by atoms with van der Waals surface area (Å²) in [4.78, 5) is 36.7. The molecule has 1 N–H and O–H groups in total. The summed E-state index contributed by atoms with van der Waals surface area (Å²) in [6, 6.07) is 5.39. The lowest BCUT2D eigenvalue weighted by molar-refractivity contribution is -0.384. The van der Waals surface area contributed by atoms with Crippen molar-refractivity contribution < 1.29 is 24.4 Å². The van der Waals surface area contributed by atoms with Crippen LogP contribution in [0.4, 0.5) is 11.4 Å². The number of rotatable bonds is 3. The van der Waals surface area contributed by atoms with Gasteiger partial charge in [-0.05, 0) is 6.07 Å². The van der Waals surface area contributed by atoms with Gasteiger partial charge in [0.15, 0.2) is 0 Å². The Hall–Kier alpha value is -2.58. The normalized spacial score (nSPS) is 34.3. The van der Waals surface area contributed by atoms with E-state index in [0.717, 1.165) is 4.90 Å². The third-order valence-corrected chi connectivity index (χ3v) is 4.70. The van der Waals surface area contributed by atoms with Crippen molar-refractivity contribution in [2.45, 2.75) is 11.7 Å². The van der Waals surface area contributed by atoms with Gasteiger partial charge in [-0.1, -0.05) is 18.2 Å². The summed E-state index contributed by atoms with van der Waals surface area (Å²) in [5.41, 5.74) is -1.21. The van der Waals surface area contributed by atoms with Crippen molar-refractivity contribution in [3.63, 3.8) is 0 Å². The number of nitro benzene ring substituents is 1. The first-order chi connectivity index (χ1) is 11.0. The molecule has 2 saturated heterocycles. The number of aliphatic hydroxyl groups excluding tert-OH is 1. The zero-order valence-corrected chi connectivity index (χ0v) is 11.8. The van der Waals surface area contributed by atoms with E-state index in [1.165, 1.54) is 24.3 Å². The Morgan fingerprint density at radius 2 is 2.13 bits per heavy atom. The number of amides is 2. The lowest BCUT2D eigenvalue weighted by atomic mass is 9.77. The maximum Gasteiger partial charge on any atom is 0.271 e. The molecule has 2 bridgehead atoms. The van der Waals surface area contributed by atoms with Crippen molar-refractivity contribution in [2.75, 3.05) is 11.5 Å². The van der Waals surface area contributed by atoms with Crippen LogP contribution < -0.4 is 4.90 Å². The van der Waals surface area contributed by atoms with Crippen molar-refractivity contribution in [3.8, 4) is 0 Å². The summed E-state index contributed by atoms with van der Waals surface area (Å²) >= 11 is 0. The van der Waals surface area contributed by atoms with Crippen molar-refractivity contribution in [2.24, 2.45) is 11.8 Å². The molecule has 0 aromatic heterocycles. The molecule has 8 nitrogen and oxygen atoms in total. The smallest absolute Gasteiger partial charge is 0.271 e. The highest BCUT2D eigenvalue weighted by Gasteiger charge is 2.67. The van der Waals surface area contributed by atoms with Crippen LogP contribution in [-0.2, 0) is 14.3 Å². The highest BCUT2D eigenvalue weighted by Crippen LogP contribution is 2.52. The Labute approximate surface area is 130 Å². The first-order valence-electron chi connectivity index (χ1n) is 7.09. The second kappa shape index (κ2) is 4.46. The quantitative estimate of drug-likeness (QED) is 0.374. The van der Waals surface area contributed by atoms with Gasteiger partial charge in [-0.3, -0.25) is 19.7 Å². The number of aliphatic hydroxyl groups is 1. The Morgan fingerprint density at radius 1 is 1.35 bits per heavy atom. The minimum Gasteiger partial charge on any atom is -0.393 e. The summed E-state index contributed by atoms with van der Waals surface area (Å²) in [5.74, 6) is -2.44. The number of imide groups is 1. The molecule has 2 fully saturated rings. The topological polar surface area (TPSA) is 110 Å². The minimum absolute atomic E-state index is 0.163. The molecule has 3 aliphatic heterocycles. The number of anilines is 1. The van der Waals surface area contributed by atoms with Crippen molar-refractivity contribution in [1.29, 1.82) is 0 Å². The number of non-ortho nitro benzene ring substituents is 1. The van der Waals surface area contributed by atoms with E-state index in [9.17, 15) is 24.8 Å².